The normalized spacial score (nSPS) is 13.6. The Hall–Kier alpha value is -6.11. The molecule has 5 nitrogen and oxygen atoms in total. The van der Waals surface area contributed by atoms with Crippen molar-refractivity contribution in [1.82, 2.24) is 9.55 Å². The lowest BCUT2D eigenvalue weighted by Gasteiger charge is -2.29. The second-order valence-electron chi connectivity index (χ2n) is 21.6. The third-order valence-corrected chi connectivity index (χ3v) is 14.7. The zero-order chi connectivity index (χ0) is 44.6. The second kappa shape index (κ2) is 15.3. The minimum absolute atomic E-state index is 0.000778. The number of pyridine rings is 1. The van der Waals surface area contributed by atoms with E-state index in [0.29, 0.717) is 6.67 Å². The largest absolute Gasteiger partial charge is 0.457 e. The number of hydrogen-bond donors (Lipinski definition) is 0. The lowest BCUT2D eigenvalue weighted by atomic mass is 9.80. The number of anilines is 4. The van der Waals surface area contributed by atoms with Crippen LogP contribution < -0.4 is 19.7 Å². The van der Waals surface area contributed by atoms with Gasteiger partial charge in [0.15, 0.2) is 0 Å². The first-order chi connectivity index (χ1) is 29.7. The third-order valence-electron chi connectivity index (χ3n) is 12.7. The molecule has 8 aromatic rings. The Morgan fingerprint density at radius 3 is 1.86 bits per heavy atom. The van der Waals surface area contributed by atoms with Gasteiger partial charge in [-0.15, -0.1) is 0 Å². The predicted octanol–water partition coefficient (Wildman–Crippen LogP) is 15.3. The maximum absolute atomic E-state index is 7.03. The summed E-state index contributed by atoms with van der Waals surface area (Å²) in [6.07, 6.45) is 1.95. The van der Waals surface area contributed by atoms with Crippen molar-refractivity contribution in [2.45, 2.75) is 98.2 Å². The maximum Gasteiger partial charge on any atom is 0.137 e. The van der Waals surface area contributed by atoms with Gasteiger partial charge < -0.3 is 14.5 Å². The molecule has 3 heterocycles. The molecule has 0 aliphatic carbocycles. The van der Waals surface area contributed by atoms with Crippen LogP contribution in [0.2, 0.25) is 19.6 Å². The summed E-state index contributed by atoms with van der Waals surface area (Å²) < 4.78 is 9.37. The summed E-state index contributed by atoms with van der Waals surface area (Å²) in [5.41, 5.74) is 13.2. The molecule has 0 atom stereocenters. The molecule has 0 unspecified atom stereocenters. The van der Waals surface area contributed by atoms with Crippen LogP contribution in [0.1, 0.15) is 79.0 Å². The van der Waals surface area contributed by atoms with E-state index in [1.165, 1.54) is 60.8 Å². The SMILES string of the molecule is CC(C)(C)c1cc(N2CN(c3cccc(Oc4cc([Si](C)(C)C)c5c6ccccc6n(-c6cc(C(C)(C)C)ccn6)c5c4)c3)c3cc(-c4ccccc4)ccc32)cc(C(C)(C)C)c1. The van der Waals surface area contributed by atoms with Gasteiger partial charge in [0, 0.05) is 40.5 Å². The van der Waals surface area contributed by atoms with E-state index in [1.54, 1.807) is 0 Å². The van der Waals surface area contributed by atoms with Crippen molar-refractivity contribution in [2.24, 2.45) is 0 Å². The summed E-state index contributed by atoms with van der Waals surface area (Å²) in [7, 11) is -1.90. The number of benzene rings is 6. The van der Waals surface area contributed by atoms with E-state index in [4.69, 9.17) is 9.72 Å². The Morgan fingerprint density at radius 2 is 1.17 bits per heavy atom. The Labute approximate surface area is 376 Å². The van der Waals surface area contributed by atoms with E-state index < -0.39 is 8.07 Å². The van der Waals surface area contributed by atoms with E-state index in [9.17, 15) is 0 Å². The Kier molecular flexibility index (Phi) is 10.3. The molecule has 0 N–H and O–H groups in total. The van der Waals surface area contributed by atoms with E-state index in [-0.39, 0.29) is 16.2 Å². The summed E-state index contributed by atoms with van der Waals surface area (Å²) in [4.78, 5) is 9.91. The molecular weight excluding hydrogens is 785 g/mol. The first kappa shape index (κ1) is 42.2. The van der Waals surface area contributed by atoms with Gasteiger partial charge in [-0.25, -0.2) is 4.98 Å². The summed E-state index contributed by atoms with van der Waals surface area (Å²) in [6.45, 7) is 28.6. The van der Waals surface area contributed by atoms with Crippen molar-refractivity contribution in [3.05, 3.63) is 162 Å². The topological polar surface area (TPSA) is 33.5 Å². The van der Waals surface area contributed by atoms with Crippen LogP contribution in [-0.4, -0.2) is 24.3 Å². The molecule has 0 saturated carbocycles. The summed E-state index contributed by atoms with van der Waals surface area (Å²) in [6, 6.07) is 51.1. The van der Waals surface area contributed by atoms with Gasteiger partial charge in [-0.2, -0.15) is 0 Å². The van der Waals surface area contributed by atoms with Crippen LogP contribution in [0.4, 0.5) is 22.7 Å². The minimum atomic E-state index is -1.90. The molecule has 0 bridgehead atoms. The molecular formula is C57H62N4OSi. The van der Waals surface area contributed by atoms with Crippen molar-refractivity contribution in [1.29, 1.82) is 0 Å². The van der Waals surface area contributed by atoms with Gasteiger partial charge in [0.2, 0.25) is 0 Å². The van der Waals surface area contributed by atoms with Crippen molar-refractivity contribution < 1.29 is 4.74 Å². The summed E-state index contributed by atoms with van der Waals surface area (Å²) in [5.74, 6) is 2.55. The molecule has 6 heteroatoms. The first-order valence-corrected chi connectivity index (χ1v) is 26.0. The lowest BCUT2D eigenvalue weighted by molar-refractivity contribution is 0.483. The average Bonchev–Trinajstić information content (AvgIpc) is 3.78. The number of rotatable bonds is 7. The molecule has 63 heavy (non-hydrogen) atoms. The van der Waals surface area contributed by atoms with E-state index in [2.05, 4.69) is 236 Å². The zero-order valence-corrected chi connectivity index (χ0v) is 40.3. The van der Waals surface area contributed by atoms with Crippen LogP contribution >= 0.6 is 0 Å². The van der Waals surface area contributed by atoms with Crippen LogP contribution in [0.15, 0.2) is 146 Å². The number of ether oxygens (including phenoxy) is 1. The monoisotopic (exact) mass is 846 g/mol. The number of aromatic nitrogens is 2. The smallest absolute Gasteiger partial charge is 0.137 e. The van der Waals surface area contributed by atoms with Gasteiger partial charge in [-0.05, 0) is 110 Å². The fraction of sp³-hybridized carbons (Fsp3) is 0.281. The Bertz CT molecular complexity index is 2980. The second-order valence-corrected chi connectivity index (χ2v) is 26.6. The van der Waals surface area contributed by atoms with Gasteiger partial charge in [-0.3, -0.25) is 4.57 Å². The number of fused-ring (bicyclic) bond motifs is 4. The number of para-hydroxylation sites is 1. The molecule has 9 rings (SSSR count). The molecule has 0 saturated heterocycles. The Morgan fingerprint density at radius 1 is 0.508 bits per heavy atom. The highest BCUT2D eigenvalue weighted by atomic mass is 28.3. The van der Waals surface area contributed by atoms with Crippen LogP contribution in [0.5, 0.6) is 11.5 Å². The predicted molar refractivity (Wildman–Crippen MR) is 272 cm³/mol. The van der Waals surface area contributed by atoms with Crippen LogP contribution in [-0.2, 0) is 16.2 Å². The highest BCUT2D eigenvalue weighted by Crippen LogP contribution is 2.48. The first-order valence-electron chi connectivity index (χ1n) is 22.5. The molecule has 0 radical (unpaired) electrons. The van der Waals surface area contributed by atoms with Gasteiger partial charge in [0.05, 0.1) is 30.5 Å². The lowest BCUT2D eigenvalue weighted by Crippen LogP contribution is -2.38. The molecule has 0 spiro atoms. The maximum atomic E-state index is 7.03. The molecule has 320 valence electrons. The standard InChI is InChI=1S/C57H62N4OSi/c1-55(2,3)40-27-28-58-53(33-40)61-48-24-17-16-23-47(48)54-51(61)35-46(36-52(54)63(10,11)12)62-45-22-18-21-43(34-45)59-37-60(44-31-41(56(4,5)6)30-42(32-44)57(7,8)9)49-26-25-39(29-50(49)59)38-19-14-13-15-20-38/h13-36H,37H2,1-12H3. The van der Waals surface area contributed by atoms with Crippen LogP contribution in [0, 0.1) is 0 Å². The van der Waals surface area contributed by atoms with E-state index in [0.717, 1.165) is 34.0 Å². The van der Waals surface area contributed by atoms with Crippen LogP contribution in [0.3, 0.4) is 0 Å². The highest BCUT2D eigenvalue weighted by molar-refractivity contribution is 6.90. The average molecular weight is 847 g/mol. The van der Waals surface area contributed by atoms with Crippen LogP contribution in [0.25, 0.3) is 38.8 Å². The third kappa shape index (κ3) is 8.06. The summed E-state index contributed by atoms with van der Waals surface area (Å²) in [5, 5.41) is 3.91. The van der Waals surface area contributed by atoms with E-state index in [1.807, 2.05) is 6.20 Å². The van der Waals surface area contributed by atoms with Crippen molar-refractivity contribution >= 4 is 57.8 Å². The molecule has 6 aromatic carbocycles. The van der Waals surface area contributed by atoms with Gasteiger partial charge in [0.1, 0.15) is 24.0 Å². The fourth-order valence-corrected chi connectivity index (χ4v) is 10.6. The number of hydrogen-bond acceptors (Lipinski definition) is 4. The van der Waals surface area contributed by atoms with Gasteiger partial charge in [-0.1, -0.05) is 149 Å². The Balaban J connectivity index is 1.16. The molecule has 1 aliphatic heterocycles. The van der Waals surface area contributed by atoms with E-state index >= 15 is 0 Å². The van der Waals surface area contributed by atoms with Crippen molar-refractivity contribution in [2.75, 3.05) is 16.5 Å². The van der Waals surface area contributed by atoms with Gasteiger partial charge >= 0.3 is 0 Å². The molecule has 2 aromatic heterocycles. The highest BCUT2D eigenvalue weighted by Gasteiger charge is 2.32. The quantitative estimate of drug-likeness (QED) is 0.150. The zero-order valence-electron chi connectivity index (χ0n) is 39.3. The molecule has 0 amide bonds. The van der Waals surface area contributed by atoms with Crippen molar-refractivity contribution in [3.8, 4) is 28.4 Å². The molecule has 1 aliphatic rings. The fourth-order valence-electron chi connectivity index (χ4n) is 8.97. The summed E-state index contributed by atoms with van der Waals surface area (Å²) >= 11 is 0. The van der Waals surface area contributed by atoms with Gasteiger partial charge in [0.25, 0.3) is 0 Å². The number of nitrogens with zero attached hydrogens (tertiary/aromatic N) is 4. The minimum Gasteiger partial charge on any atom is -0.457 e. The molecule has 0 fully saturated rings. The van der Waals surface area contributed by atoms with Crippen molar-refractivity contribution in [3.63, 3.8) is 0 Å².